The van der Waals surface area contributed by atoms with Crippen molar-refractivity contribution in [1.29, 1.82) is 0 Å². The Kier molecular flexibility index (Phi) is 8.21. The van der Waals surface area contributed by atoms with Crippen molar-refractivity contribution < 1.29 is 9.53 Å². The highest BCUT2D eigenvalue weighted by molar-refractivity contribution is 5.67. The molecule has 0 rings (SSSR count). The lowest BCUT2D eigenvalue weighted by Gasteiger charge is -2.07. The molecule has 0 saturated carbocycles. The smallest absolute Gasteiger partial charge is 0.408 e. The first-order valence-electron chi connectivity index (χ1n) is 4.82. The summed E-state index contributed by atoms with van der Waals surface area (Å²) in [5, 5.41) is 5.50. The number of amides is 1. The van der Waals surface area contributed by atoms with Gasteiger partial charge in [0.2, 0.25) is 0 Å². The lowest BCUT2D eigenvalue weighted by Crippen LogP contribution is -2.25. The van der Waals surface area contributed by atoms with Crippen LogP contribution in [0.3, 0.4) is 0 Å². The van der Waals surface area contributed by atoms with Crippen molar-refractivity contribution in [3.63, 3.8) is 0 Å². The summed E-state index contributed by atoms with van der Waals surface area (Å²) in [4.78, 5) is 11.0. The molecule has 0 aliphatic carbocycles. The molecule has 0 atom stereocenters. The molecule has 1 amide bonds. The molecule has 0 aliphatic rings. The van der Waals surface area contributed by atoms with Crippen LogP contribution in [0.4, 0.5) is 4.79 Å². The average molecular weight is 210 g/mol. The van der Waals surface area contributed by atoms with Gasteiger partial charge in [0.25, 0.3) is 0 Å². The summed E-state index contributed by atoms with van der Waals surface area (Å²) < 4.78 is 4.90. The third kappa shape index (κ3) is 8.85. The number of ether oxygens (including phenoxy) is 1. The number of carbonyl (C=O) groups excluding carboxylic acids is 1. The van der Waals surface area contributed by atoms with Crippen LogP contribution in [0.5, 0.6) is 0 Å². The predicted molar refractivity (Wildman–Crippen MR) is 60.5 cm³/mol. The van der Waals surface area contributed by atoms with E-state index in [2.05, 4.69) is 29.1 Å². The Labute approximate surface area is 91.1 Å². The molecule has 84 valence electrons. The summed E-state index contributed by atoms with van der Waals surface area (Å²) in [7, 11) is 1.87. The van der Waals surface area contributed by atoms with Gasteiger partial charge in [-0.25, -0.2) is 4.79 Å². The molecular weight excluding hydrogens is 192 g/mol. The lowest BCUT2D eigenvalue weighted by molar-refractivity contribution is 0.156. The van der Waals surface area contributed by atoms with E-state index in [0.29, 0.717) is 6.54 Å². The number of rotatable bonds is 6. The third-order valence-corrected chi connectivity index (χ3v) is 1.63. The predicted octanol–water partition coefficient (Wildman–Crippen LogP) is 0.902. The molecule has 0 fully saturated rings. The first-order valence-corrected chi connectivity index (χ1v) is 4.82. The highest BCUT2D eigenvalue weighted by atomic mass is 16.5. The standard InChI is InChI=1S/C11H18N2O2/c1-4-5-7-13-11(14)15-9-10(2)6-8-12-3/h12H,2,6-9H2,1,3H3,(H,13,14). The van der Waals surface area contributed by atoms with Crippen molar-refractivity contribution in [2.75, 3.05) is 26.7 Å². The molecule has 0 aliphatic heterocycles. The fourth-order valence-electron chi connectivity index (χ4n) is 0.797. The van der Waals surface area contributed by atoms with Crippen LogP contribution in [0.2, 0.25) is 0 Å². The maximum absolute atomic E-state index is 11.0. The van der Waals surface area contributed by atoms with Gasteiger partial charge in [-0.1, -0.05) is 12.5 Å². The van der Waals surface area contributed by atoms with Crippen LogP contribution in [0.25, 0.3) is 0 Å². The Hall–Kier alpha value is -1.47. The topological polar surface area (TPSA) is 50.4 Å². The van der Waals surface area contributed by atoms with E-state index >= 15 is 0 Å². The number of alkyl carbamates (subject to hydrolysis) is 1. The second-order valence-electron chi connectivity index (χ2n) is 2.96. The largest absolute Gasteiger partial charge is 0.445 e. The van der Waals surface area contributed by atoms with E-state index in [1.165, 1.54) is 0 Å². The number of carbonyl (C=O) groups is 1. The number of hydrogen-bond donors (Lipinski definition) is 2. The first-order chi connectivity index (χ1) is 7.20. The van der Waals surface area contributed by atoms with E-state index in [9.17, 15) is 4.79 Å². The van der Waals surface area contributed by atoms with Gasteiger partial charge in [0.1, 0.15) is 6.61 Å². The summed E-state index contributed by atoms with van der Waals surface area (Å²) in [6.07, 6.45) is 0.349. The zero-order valence-electron chi connectivity index (χ0n) is 9.35. The van der Waals surface area contributed by atoms with Crippen LogP contribution in [-0.2, 0) is 4.74 Å². The van der Waals surface area contributed by atoms with Crippen molar-refractivity contribution in [2.24, 2.45) is 0 Å². The van der Waals surface area contributed by atoms with E-state index in [1.54, 1.807) is 6.92 Å². The molecule has 0 aromatic rings. The van der Waals surface area contributed by atoms with Gasteiger partial charge in [0.05, 0.1) is 6.54 Å². The van der Waals surface area contributed by atoms with Crippen LogP contribution >= 0.6 is 0 Å². The zero-order chi connectivity index (χ0) is 11.5. The Bertz CT molecular complexity index is 263. The van der Waals surface area contributed by atoms with Gasteiger partial charge in [-0.2, -0.15) is 0 Å². The van der Waals surface area contributed by atoms with Gasteiger partial charge in [0.15, 0.2) is 0 Å². The first kappa shape index (κ1) is 13.5. The lowest BCUT2D eigenvalue weighted by atomic mass is 10.2. The molecule has 4 nitrogen and oxygen atoms in total. The normalized spacial score (nSPS) is 8.67. The molecule has 0 saturated heterocycles. The van der Waals surface area contributed by atoms with Gasteiger partial charge in [-0.15, -0.1) is 5.92 Å². The second-order valence-corrected chi connectivity index (χ2v) is 2.96. The van der Waals surface area contributed by atoms with E-state index < -0.39 is 6.09 Å². The van der Waals surface area contributed by atoms with E-state index in [-0.39, 0.29) is 6.61 Å². The quantitative estimate of drug-likeness (QED) is 0.506. The van der Waals surface area contributed by atoms with Crippen molar-refractivity contribution >= 4 is 6.09 Å². The maximum atomic E-state index is 11.0. The minimum absolute atomic E-state index is 0.257. The Balaban J connectivity index is 3.51. The van der Waals surface area contributed by atoms with Gasteiger partial charge in [-0.05, 0) is 32.5 Å². The van der Waals surface area contributed by atoms with Gasteiger partial charge in [-0.3, -0.25) is 0 Å². The maximum Gasteiger partial charge on any atom is 0.408 e. The molecule has 0 radical (unpaired) electrons. The van der Waals surface area contributed by atoms with Crippen LogP contribution < -0.4 is 10.6 Å². The highest BCUT2D eigenvalue weighted by Gasteiger charge is 2.01. The Morgan fingerprint density at radius 2 is 2.27 bits per heavy atom. The second kappa shape index (κ2) is 9.10. The summed E-state index contributed by atoms with van der Waals surface area (Å²) >= 11 is 0. The molecule has 4 heteroatoms. The number of hydrogen-bond acceptors (Lipinski definition) is 3. The Morgan fingerprint density at radius 1 is 1.53 bits per heavy atom. The SMILES string of the molecule is C=C(CCNC)COC(=O)NCC#CC. The summed E-state index contributed by atoms with van der Waals surface area (Å²) in [6.45, 7) is 6.92. The molecule has 0 bridgehead atoms. The van der Waals surface area contributed by atoms with Crippen LogP contribution in [0, 0.1) is 11.8 Å². The van der Waals surface area contributed by atoms with E-state index in [4.69, 9.17) is 4.74 Å². The summed E-state index contributed by atoms with van der Waals surface area (Å²) in [6, 6.07) is 0. The van der Waals surface area contributed by atoms with Gasteiger partial charge < -0.3 is 15.4 Å². The zero-order valence-corrected chi connectivity index (χ0v) is 9.35. The van der Waals surface area contributed by atoms with Crippen molar-refractivity contribution in [3.8, 4) is 11.8 Å². The highest BCUT2D eigenvalue weighted by Crippen LogP contribution is 1.96. The third-order valence-electron chi connectivity index (χ3n) is 1.63. The van der Waals surface area contributed by atoms with Gasteiger partial charge >= 0.3 is 6.09 Å². The van der Waals surface area contributed by atoms with Crippen molar-refractivity contribution in [2.45, 2.75) is 13.3 Å². The Morgan fingerprint density at radius 3 is 2.87 bits per heavy atom. The van der Waals surface area contributed by atoms with Crippen LogP contribution in [0.15, 0.2) is 12.2 Å². The average Bonchev–Trinajstić information content (AvgIpc) is 2.24. The van der Waals surface area contributed by atoms with Crippen molar-refractivity contribution in [1.82, 2.24) is 10.6 Å². The van der Waals surface area contributed by atoms with E-state index in [0.717, 1.165) is 18.5 Å². The fraction of sp³-hybridized carbons (Fsp3) is 0.545. The van der Waals surface area contributed by atoms with Gasteiger partial charge in [0, 0.05) is 0 Å². The molecule has 0 spiro atoms. The van der Waals surface area contributed by atoms with E-state index in [1.807, 2.05) is 7.05 Å². The van der Waals surface area contributed by atoms with Crippen molar-refractivity contribution in [3.05, 3.63) is 12.2 Å². The molecule has 0 heterocycles. The van der Waals surface area contributed by atoms with Crippen LogP contribution in [-0.4, -0.2) is 32.8 Å². The molecular formula is C11H18N2O2. The fourth-order valence-corrected chi connectivity index (χ4v) is 0.797. The summed E-state index contributed by atoms with van der Waals surface area (Å²) in [5.41, 5.74) is 0.890. The minimum Gasteiger partial charge on any atom is -0.445 e. The monoisotopic (exact) mass is 210 g/mol. The number of nitrogens with one attached hydrogen (secondary N) is 2. The molecule has 0 aromatic carbocycles. The minimum atomic E-state index is -0.455. The molecule has 0 unspecified atom stereocenters. The molecule has 15 heavy (non-hydrogen) atoms. The summed E-state index contributed by atoms with van der Waals surface area (Å²) in [5.74, 6) is 5.38. The van der Waals surface area contributed by atoms with Crippen LogP contribution in [0.1, 0.15) is 13.3 Å². The molecule has 0 aromatic heterocycles. The molecule has 2 N–H and O–H groups in total.